The van der Waals surface area contributed by atoms with Crippen LogP contribution in [0, 0.1) is 0 Å². The molecule has 1 nitrogen and oxygen atoms in total. The number of carbonyl (C=O) groups is 1. The van der Waals surface area contributed by atoms with Crippen LogP contribution in [0.1, 0.15) is 5.56 Å². The third-order valence-corrected chi connectivity index (χ3v) is 1.61. The highest BCUT2D eigenvalue weighted by atomic mass is 16.1. The molecule has 14 heavy (non-hydrogen) atoms. The van der Waals surface area contributed by atoms with E-state index in [-0.39, 0.29) is 0 Å². The van der Waals surface area contributed by atoms with Crippen LogP contribution in [0.5, 0.6) is 0 Å². The Bertz CT molecular complexity index is 345. The summed E-state index contributed by atoms with van der Waals surface area (Å²) in [6, 6.07) is 10.0. The summed E-state index contributed by atoms with van der Waals surface area (Å²) in [6.07, 6.45) is 11.5. The highest BCUT2D eigenvalue weighted by Crippen LogP contribution is 2.00. The van der Waals surface area contributed by atoms with Gasteiger partial charge in [-0.2, -0.15) is 0 Å². The van der Waals surface area contributed by atoms with Crippen molar-refractivity contribution in [1.29, 1.82) is 0 Å². The SMILES string of the molecule is O=C\C=C/C=C/C=C\c1ccccc1. The van der Waals surface area contributed by atoms with Crippen molar-refractivity contribution < 1.29 is 4.79 Å². The molecule has 1 aromatic rings. The predicted molar refractivity (Wildman–Crippen MR) is 59.8 cm³/mol. The molecule has 0 bridgehead atoms. The molecule has 0 radical (unpaired) electrons. The zero-order chi connectivity index (χ0) is 10.1. The van der Waals surface area contributed by atoms with E-state index >= 15 is 0 Å². The van der Waals surface area contributed by atoms with E-state index in [0.29, 0.717) is 0 Å². The molecule has 0 N–H and O–H groups in total. The predicted octanol–water partition coefficient (Wildman–Crippen LogP) is 3.01. The molecule has 0 aliphatic heterocycles. The lowest BCUT2D eigenvalue weighted by atomic mass is 10.2. The molecule has 1 aromatic carbocycles. The first-order valence-corrected chi connectivity index (χ1v) is 4.44. The van der Waals surface area contributed by atoms with Gasteiger partial charge in [0.1, 0.15) is 6.29 Å². The van der Waals surface area contributed by atoms with Crippen LogP contribution in [-0.2, 0) is 4.79 Å². The van der Waals surface area contributed by atoms with Gasteiger partial charge in [0.15, 0.2) is 0 Å². The maximum Gasteiger partial charge on any atom is 0.142 e. The van der Waals surface area contributed by atoms with Gasteiger partial charge in [0, 0.05) is 0 Å². The van der Waals surface area contributed by atoms with Crippen LogP contribution in [0.2, 0.25) is 0 Å². The zero-order valence-electron chi connectivity index (χ0n) is 7.84. The van der Waals surface area contributed by atoms with Gasteiger partial charge in [-0.1, -0.05) is 60.7 Å². The van der Waals surface area contributed by atoms with Gasteiger partial charge in [-0.15, -0.1) is 0 Å². The van der Waals surface area contributed by atoms with Crippen LogP contribution in [-0.4, -0.2) is 6.29 Å². The first-order valence-electron chi connectivity index (χ1n) is 4.44. The van der Waals surface area contributed by atoms with E-state index in [1.54, 1.807) is 6.08 Å². The molecular weight excluding hydrogens is 172 g/mol. The zero-order valence-corrected chi connectivity index (χ0v) is 7.84. The summed E-state index contributed by atoms with van der Waals surface area (Å²) in [7, 11) is 0. The fraction of sp³-hybridized carbons (Fsp3) is 0. The Morgan fingerprint density at radius 1 is 0.786 bits per heavy atom. The van der Waals surface area contributed by atoms with Crippen molar-refractivity contribution in [3.8, 4) is 0 Å². The molecule has 0 aliphatic rings. The smallest absolute Gasteiger partial charge is 0.142 e. The normalized spacial score (nSPS) is 11.7. The lowest BCUT2D eigenvalue weighted by Gasteiger charge is -1.87. The second-order valence-corrected chi connectivity index (χ2v) is 2.68. The fourth-order valence-electron chi connectivity index (χ4n) is 0.969. The second kappa shape index (κ2) is 6.61. The number of hydrogen-bond donors (Lipinski definition) is 0. The summed E-state index contributed by atoms with van der Waals surface area (Å²) in [5, 5.41) is 0. The highest BCUT2D eigenvalue weighted by Gasteiger charge is 1.78. The average molecular weight is 184 g/mol. The Balaban J connectivity index is 2.45. The van der Waals surface area contributed by atoms with E-state index < -0.39 is 0 Å². The maximum absolute atomic E-state index is 9.92. The third kappa shape index (κ3) is 4.21. The van der Waals surface area contributed by atoms with Crippen molar-refractivity contribution in [3.05, 3.63) is 66.3 Å². The number of aldehydes is 1. The first-order chi connectivity index (χ1) is 6.93. The summed E-state index contributed by atoms with van der Waals surface area (Å²) < 4.78 is 0. The van der Waals surface area contributed by atoms with Crippen molar-refractivity contribution >= 4 is 12.4 Å². The second-order valence-electron chi connectivity index (χ2n) is 2.68. The Labute approximate surface area is 84.1 Å². The average Bonchev–Trinajstić information content (AvgIpc) is 2.25. The molecule has 0 saturated carbocycles. The largest absolute Gasteiger partial charge is 0.299 e. The minimum atomic E-state index is 0.755. The van der Waals surface area contributed by atoms with E-state index in [1.807, 2.05) is 54.6 Å². The molecule has 0 fully saturated rings. The van der Waals surface area contributed by atoms with Crippen molar-refractivity contribution in [3.63, 3.8) is 0 Å². The Kier molecular flexibility index (Phi) is 4.81. The number of allylic oxidation sites excluding steroid dienone is 5. The fourth-order valence-corrected chi connectivity index (χ4v) is 0.969. The van der Waals surface area contributed by atoms with Crippen LogP contribution >= 0.6 is 0 Å². The van der Waals surface area contributed by atoms with Gasteiger partial charge < -0.3 is 0 Å². The maximum atomic E-state index is 9.92. The van der Waals surface area contributed by atoms with Crippen molar-refractivity contribution in [2.75, 3.05) is 0 Å². The number of rotatable bonds is 4. The summed E-state index contributed by atoms with van der Waals surface area (Å²) in [5.41, 5.74) is 1.16. The summed E-state index contributed by atoms with van der Waals surface area (Å²) >= 11 is 0. The molecular formula is C13H12O. The molecule has 0 aromatic heterocycles. The topological polar surface area (TPSA) is 17.1 Å². The van der Waals surface area contributed by atoms with E-state index in [4.69, 9.17) is 0 Å². The third-order valence-electron chi connectivity index (χ3n) is 1.61. The van der Waals surface area contributed by atoms with E-state index in [9.17, 15) is 4.79 Å². The summed E-state index contributed by atoms with van der Waals surface area (Å²) in [4.78, 5) is 9.92. The van der Waals surface area contributed by atoms with E-state index in [0.717, 1.165) is 11.8 Å². The monoisotopic (exact) mass is 184 g/mol. The van der Waals surface area contributed by atoms with Gasteiger partial charge in [-0.25, -0.2) is 0 Å². The molecule has 0 saturated heterocycles. The lowest BCUT2D eigenvalue weighted by Crippen LogP contribution is -1.66. The molecule has 0 spiro atoms. The van der Waals surface area contributed by atoms with Crippen molar-refractivity contribution in [1.82, 2.24) is 0 Å². The van der Waals surface area contributed by atoms with Gasteiger partial charge in [-0.05, 0) is 11.6 Å². The van der Waals surface area contributed by atoms with Gasteiger partial charge in [-0.3, -0.25) is 4.79 Å². The van der Waals surface area contributed by atoms with Crippen LogP contribution in [0.3, 0.4) is 0 Å². The lowest BCUT2D eigenvalue weighted by molar-refractivity contribution is -0.104. The Morgan fingerprint density at radius 2 is 1.43 bits per heavy atom. The van der Waals surface area contributed by atoms with Crippen LogP contribution in [0.25, 0.3) is 6.08 Å². The molecule has 0 unspecified atom stereocenters. The Hall–Kier alpha value is -1.89. The number of benzene rings is 1. The molecule has 1 rings (SSSR count). The van der Waals surface area contributed by atoms with Crippen LogP contribution < -0.4 is 0 Å². The van der Waals surface area contributed by atoms with Gasteiger partial charge in [0.2, 0.25) is 0 Å². The van der Waals surface area contributed by atoms with Gasteiger partial charge in [0.05, 0.1) is 0 Å². The molecule has 1 heteroatoms. The van der Waals surface area contributed by atoms with E-state index in [1.165, 1.54) is 6.08 Å². The molecule has 0 aliphatic carbocycles. The van der Waals surface area contributed by atoms with Crippen molar-refractivity contribution in [2.45, 2.75) is 0 Å². The standard InChI is InChI=1S/C13H12O/c14-12-8-3-1-2-5-9-13-10-6-4-7-11-13/h1-12H/b2-1+,8-3-,9-5-. The minimum absolute atomic E-state index is 0.755. The number of carbonyl (C=O) groups excluding carboxylic acids is 1. The molecule has 0 amide bonds. The van der Waals surface area contributed by atoms with Crippen LogP contribution in [0.15, 0.2) is 60.7 Å². The minimum Gasteiger partial charge on any atom is -0.299 e. The number of hydrogen-bond acceptors (Lipinski definition) is 1. The van der Waals surface area contributed by atoms with Gasteiger partial charge in [0.25, 0.3) is 0 Å². The molecule has 0 atom stereocenters. The van der Waals surface area contributed by atoms with Crippen molar-refractivity contribution in [2.24, 2.45) is 0 Å². The van der Waals surface area contributed by atoms with Gasteiger partial charge >= 0.3 is 0 Å². The molecule has 70 valence electrons. The summed E-state index contributed by atoms with van der Waals surface area (Å²) in [6.45, 7) is 0. The Morgan fingerprint density at radius 3 is 2.14 bits per heavy atom. The molecule has 0 heterocycles. The van der Waals surface area contributed by atoms with Crippen LogP contribution in [0.4, 0.5) is 0 Å². The first kappa shape index (κ1) is 10.2. The summed E-state index contributed by atoms with van der Waals surface area (Å²) in [5.74, 6) is 0. The van der Waals surface area contributed by atoms with E-state index in [2.05, 4.69) is 0 Å². The highest BCUT2D eigenvalue weighted by molar-refractivity contribution is 5.65. The quantitative estimate of drug-likeness (QED) is 0.399.